The van der Waals surface area contributed by atoms with E-state index in [1.165, 1.54) is 0 Å². The molecule has 0 radical (unpaired) electrons. The lowest BCUT2D eigenvalue weighted by Crippen LogP contribution is -2.21. The molecule has 0 aromatic heterocycles. The molecule has 0 amide bonds. The number of cyclic esters (lactones) is 2. The Bertz CT molecular complexity index is 501. The van der Waals surface area contributed by atoms with Gasteiger partial charge in [0.15, 0.2) is 0 Å². The van der Waals surface area contributed by atoms with Crippen LogP contribution in [0.15, 0.2) is 36.4 Å². The lowest BCUT2D eigenvalue weighted by Gasteiger charge is -2.20. The SMILES string of the molecule is O=C1OC(=O)C2CC(c3ccccc3)=CCC12. The first-order valence-electron chi connectivity index (χ1n) is 5.75. The molecule has 1 aromatic carbocycles. The highest BCUT2D eigenvalue weighted by Gasteiger charge is 2.45. The van der Waals surface area contributed by atoms with Gasteiger partial charge in [0, 0.05) is 0 Å². The van der Waals surface area contributed by atoms with Gasteiger partial charge in [-0.2, -0.15) is 0 Å². The standard InChI is InChI=1S/C14H12O3/c15-13-11-7-6-10(8-12(11)14(16)17-13)9-4-2-1-3-5-9/h1-6,11-12H,7-8H2. The van der Waals surface area contributed by atoms with Gasteiger partial charge >= 0.3 is 11.9 Å². The van der Waals surface area contributed by atoms with E-state index in [0.29, 0.717) is 12.8 Å². The topological polar surface area (TPSA) is 43.4 Å². The van der Waals surface area contributed by atoms with Gasteiger partial charge in [-0.05, 0) is 24.0 Å². The zero-order valence-corrected chi connectivity index (χ0v) is 9.26. The van der Waals surface area contributed by atoms with Crippen LogP contribution >= 0.6 is 0 Å². The highest BCUT2D eigenvalue weighted by molar-refractivity contribution is 5.98. The Labute approximate surface area is 99.1 Å². The van der Waals surface area contributed by atoms with Crippen LogP contribution in [0.3, 0.4) is 0 Å². The fraction of sp³-hybridized carbons (Fsp3) is 0.286. The molecule has 3 rings (SSSR count). The lowest BCUT2D eigenvalue weighted by molar-refractivity contribution is -0.153. The van der Waals surface area contributed by atoms with Gasteiger partial charge in [-0.1, -0.05) is 36.4 Å². The highest BCUT2D eigenvalue weighted by atomic mass is 16.6. The summed E-state index contributed by atoms with van der Waals surface area (Å²) >= 11 is 0. The first kappa shape index (κ1) is 10.3. The number of allylic oxidation sites excluding steroid dienone is 2. The van der Waals surface area contributed by atoms with Gasteiger partial charge in [-0.3, -0.25) is 9.59 Å². The Kier molecular flexibility index (Phi) is 2.32. The van der Waals surface area contributed by atoms with E-state index in [1.807, 2.05) is 30.3 Å². The molecule has 2 unspecified atom stereocenters. The van der Waals surface area contributed by atoms with Gasteiger partial charge in [-0.15, -0.1) is 0 Å². The number of ether oxygens (including phenoxy) is 1. The molecular weight excluding hydrogens is 216 g/mol. The van der Waals surface area contributed by atoms with Crippen LogP contribution in [0.1, 0.15) is 18.4 Å². The molecule has 3 nitrogen and oxygen atoms in total. The summed E-state index contributed by atoms with van der Waals surface area (Å²) in [5, 5.41) is 0. The quantitative estimate of drug-likeness (QED) is 0.546. The van der Waals surface area contributed by atoms with E-state index in [-0.39, 0.29) is 23.8 Å². The van der Waals surface area contributed by atoms with E-state index in [4.69, 9.17) is 0 Å². The molecule has 1 aromatic rings. The molecule has 2 atom stereocenters. The Hall–Kier alpha value is -1.90. The van der Waals surface area contributed by atoms with Crippen molar-refractivity contribution in [1.29, 1.82) is 0 Å². The molecule has 2 aliphatic rings. The van der Waals surface area contributed by atoms with Crippen LogP contribution in [0.2, 0.25) is 0 Å². The molecule has 1 heterocycles. The molecule has 86 valence electrons. The minimum atomic E-state index is -0.360. The van der Waals surface area contributed by atoms with Crippen molar-refractivity contribution in [2.24, 2.45) is 11.8 Å². The molecule has 1 saturated heterocycles. The monoisotopic (exact) mass is 228 g/mol. The summed E-state index contributed by atoms with van der Waals surface area (Å²) in [4.78, 5) is 22.9. The fourth-order valence-corrected chi connectivity index (χ4v) is 2.54. The predicted octanol–water partition coefficient (Wildman–Crippen LogP) is 2.18. The second kappa shape index (κ2) is 3.84. The second-order valence-corrected chi connectivity index (χ2v) is 4.49. The zero-order chi connectivity index (χ0) is 11.8. The summed E-state index contributed by atoms with van der Waals surface area (Å²) in [6.07, 6.45) is 3.27. The van der Waals surface area contributed by atoms with Crippen LogP contribution < -0.4 is 0 Å². The predicted molar refractivity (Wildman–Crippen MR) is 61.7 cm³/mol. The molecule has 1 fully saturated rings. The molecule has 1 aliphatic carbocycles. The van der Waals surface area contributed by atoms with E-state index < -0.39 is 0 Å². The van der Waals surface area contributed by atoms with E-state index >= 15 is 0 Å². The third-order valence-electron chi connectivity index (χ3n) is 3.49. The van der Waals surface area contributed by atoms with E-state index in [1.54, 1.807) is 0 Å². The number of carbonyl (C=O) groups is 2. The molecule has 17 heavy (non-hydrogen) atoms. The highest BCUT2D eigenvalue weighted by Crippen LogP contribution is 2.39. The number of hydrogen-bond donors (Lipinski definition) is 0. The van der Waals surface area contributed by atoms with Crippen molar-refractivity contribution in [3.8, 4) is 0 Å². The average Bonchev–Trinajstić information content (AvgIpc) is 2.66. The number of esters is 2. The largest absolute Gasteiger partial charge is 0.393 e. The summed E-state index contributed by atoms with van der Waals surface area (Å²) in [7, 11) is 0. The molecular formula is C14H12O3. The average molecular weight is 228 g/mol. The summed E-state index contributed by atoms with van der Waals surface area (Å²) in [5.41, 5.74) is 2.26. The summed E-state index contributed by atoms with van der Waals surface area (Å²) in [6.45, 7) is 0. The van der Waals surface area contributed by atoms with Gasteiger partial charge < -0.3 is 4.74 Å². The Morgan fingerprint density at radius 2 is 1.71 bits per heavy atom. The first-order valence-corrected chi connectivity index (χ1v) is 5.75. The lowest BCUT2D eigenvalue weighted by atomic mass is 9.79. The fourth-order valence-electron chi connectivity index (χ4n) is 2.54. The number of benzene rings is 1. The van der Waals surface area contributed by atoms with E-state index in [9.17, 15) is 9.59 Å². The van der Waals surface area contributed by atoms with Crippen LogP contribution in [-0.4, -0.2) is 11.9 Å². The zero-order valence-electron chi connectivity index (χ0n) is 9.26. The van der Waals surface area contributed by atoms with Crippen LogP contribution in [0.25, 0.3) is 5.57 Å². The molecule has 0 bridgehead atoms. The van der Waals surface area contributed by atoms with Gasteiger partial charge in [0.2, 0.25) is 0 Å². The first-order chi connectivity index (χ1) is 8.25. The number of rotatable bonds is 1. The second-order valence-electron chi connectivity index (χ2n) is 4.49. The van der Waals surface area contributed by atoms with Gasteiger partial charge in [0.05, 0.1) is 11.8 Å². The van der Waals surface area contributed by atoms with Crippen molar-refractivity contribution in [1.82, 2.24) is 0 Å². The molecule has 0 saturated carbocycles. The van der Waals surface area contributed by atoms with Gasteiger partial charge in [0.1, 0.15) is 0 Å². The Balaban J connectivity index is 1.90. The smallest absolute Gasteiger partial charge is 0.317 e. The molecule has 1 aliphatic heterocycles. The molecule has 0 spiro atoms. The van der Waals surface area contributed by atoms with Gasteiger partial charge in [-0.25, -0.2) is 0 Å². The minimum absolute atomic E-state index is 0.255. The Morgan fingerprint density at radius 1 is 1.00 bits per heavy atom. The van der Waals surface area contributed by atoms with Crippen LogP contribution in [-0.2, 0) is 14.3 Å². The maximum absolute atomic E-state index is 11.5. The summed E-state index contributed by atoms with van der Waals surface area (Å²) in [6, 6.07) is 9.95. The summed E-state index contributed by atoms with van der Waals surface area (Å²) < 4.78 is 4.68. The molecule has 0 N–H and O–H groups in total. The molecule has 3 heteroatoms. The van der Waals surface area contributed by atoms with Crippen molar-refractivity contribution in [3.63, 3.8) is 0 Å². The van der Waals surface area contributed by atoms with Crippen molar-refractivity contribution in [3.05, 3.63) is 42.0 Å². The normalized spacial score (nSPS) is 27.4. The van der Waals surface area contributed by atoms with E-state index in [0.717, 1.165) is 11.1 Å². The van der Waals surface area contributed by atoms with Gasteiger partial charge in [0.25, 0.3) is 0 Å². The summed E-state index contributed by atoms with van der Waals surface area (Å²) in [5.74, 6) is -1.25. The van der Waals surface area contributed by atoms with Crippen molar-refractivity contribution in [2.75, 3.05) is 0 Å². The van der Waals surface area contributed by atoms with Crippen molar-refractivity contribution < 1.29 is 14.3 Å². The number of hydrogen-bond acceptors (Lipinski definition) is 3. The maximum Gasteiger partial charge on any atom is 0.317 e. The Morgan fingerprint density at radius 3 is 2.47 bits per heavy atom. The van der Waals surface area contributed by atoms with Crippen molar-refractivity contribution >= 4 is 17.5 Å². The minimum Gasteiger partial charge on any atom is -0.393 e. The van der Waals surface area contributed by atoms with Crippen molar-refractivity contribution in [2.45, 2.75) is 12.8 Å². The van der Waals surface area contributed by atoms with E-state index in [2.05, 4.69) is 10.8 Å². The van der Waals surface area contributed by atoms with Crippen LogP contribution in [0.5, 0.6) is 0 Å². The third-order valence-corrected chi connectivity index (χ3v) is 3.49. The number of carbonyl (C=O) groups excluding carboxylic acids is 2. The van der Waals surface area contributed by atoms with Crippen LogP contribution in [0, 0.1) is 11.8 Å². The number of fused-ring (bicyclic) bond motifs is 1. The van der Waals surface area contributed by atoms with Crippen LogP contribution in [0.4, 0.5) is 0 Å². The third kappa shape index (κ3) is 1.68. The maximum atomic E-state index is 11.5.